The van der Waals surface area contributed by atoms with E-state index in [0.29, 0.717) is 0 Å². The standard InChI is InChI=1S/C15H25ClOSi/c1-4-11-18(12-5-2,13-6-3)17-15-9-7-14(16)8-10-15/h7-10H,4-6,11-13H2,1-3H3. The van der Waals surface area contributed by atoms with Gasteiger partial charge in [0.05, 0.1) is 0 Å². The highest BCUT2D eigenvalue weighted by atomic mass is 35.5. The van der Waals surface area contributed by atoms with Crippen molar-refractivity contribution in [2.24, 2.45) is 0 Å². The van der Waals surface area contributed by atoms with Crippen LogP contribution in [0.2, 0.25) is 23.2 Å². The summed E-state index contributed by atoms with van der Waals surface area (Å²) in [4.78, 5) is 0. The lowest BCUT2D eigenvalue weighted by atomic mass is 10.3. The van der Waals surface area contributed by atoms with Gasteiger partial charge in [0, 0.05) is 5.02 Å². The lowest BCUT2D eigenvalue weighted by Gasteiger charge is -2.31. The van der Waals surface area contributed by atoms with Crippen molar-refractivity contribution in [1.82, 2.24) is 0 Å². The zero-order valence-corrected chi connectivity index (χ0v) is 13.6. The third-order valence-electron chi connectivity index (χ3n) is 3.26. The van der Waals surface area contributed by atoms with Crippen molar-refractivity contribution >= 4 is 19.9 Å². The van der Waals surface area contributed by atoms with Crippen LogP contribution in [0.5, 0.6) is 5.75 Å². The van der Waals surface area contributed by atoms with E-state index in [1.807, 2.05) is 24.3 Å². The molecule has 0 fully saturated rings. The molecule has 1 nitrogen and oxygen atoms in total. The van der Waals surface area contributed by atoms with Crippen molar-refractivity contribution in [3.8, 4) is 5.75 Å². The van der Waals surface area contributed by atoms with Crippen LogP contribution in [0.25, 0.3) is 0 Å². The largest absolute Gasteiger partial charge is 0.543 e. The summed E-state index contributed by atoms with van der Waals surface area (Å²) in [6.07, 6.45) is 3.67. The van der Waals surface area contributed by atoms with Crippen LogP contribution >= 0.6 is 11.6 Å². The van der Waals surface area contributed by atoms with Gasteiger partial charge in [-0.25, -0.2) is 0 Å². The Morgan fingerprint density at radius 2 is 1.33 bits per heavy atom. The molecule has 0 saturated carbocycles. The summed E-state index contributed by atoms with van der Waals surface area (Å²) in [5.41, 5.74) is 0. The predicted molar refractivity (Wildman–Crippen MR) is 83.1 cm³/mol. The van der Waals surface area contributed by atoms with E-state index in [9.17, 15) is 0 Å². The van der Waals surface area contributed by atoms with Crippen molar-refractivity contribution in [2.45, 2.75) is 58.2 Å². The zero-order chi connectivity index (χ0) is 13.4. The Morgan fingerprint density at radius 3 is 1.72 bits per heavy atom. The normalized spacial score (nSPS) is 11.6. The van der Waals surface area contributed by atoms with Crippen LogP contribution in [0.3, 0.4) is 0 Å². The lowest BCUT2D eigenvalue weighted by molar-refractivity contribution is 0.519. The second-order valence-corrected chi connectivity index (χ2v) is 9.50. The number of halogens is 1. The molecule has 0 spiro atoms. The molecular formula is C15H25ClOSi. The Bertz CT molecular complexity index is 320. The summed E-state index contributed by atoms with van der Waals surface area (Å²) in [6, 6.07) is 11.6. The first kappa shape index (κ1) is 15.6. The second-order valence-electron chi connectivity index (χ2n) is 4.99. The van der Waals surface area contributed by atoms with Gasteiger partial charge < -0.3 is 4.43 Å². The van der Waals surface area contributed by atoms with E-state index < -0.39 is 8.32 Å². The van der Waals surface area contributed by atoms with Crippen LogP contribution in [-0.2, 0) is 0 Å². The molecule has 0 aromatic heterocycles. The summed E-state index contributed by atoms with van der Waals surface area (Å²) in [7, 11) is -1.60. The Kier molecular flexibility index (Phi) is 6.80. The molecule has 0 atom stereocenters. The molecule has 0 saturated heterocycles. The zero-order valence-electron chi connectivity index (χ0n) is 11.8. The van der Waals surface area contributed by atoms with Gasteiger partial charge >= 0.3 is 0 Å². The monoisotopic (exact) mass is 284 g/mol. The predicted octanol–water partition coefficient (Wildman–Crippen LogP) is 5.89. The molecule has 0 unspecified atom stereocenters. The Hall–Kier alpha value is -0.473. The molecule has 102 valence electrons. The fourth-order valence-electron chi connectivity index (χ4n) is 2.65. The smallest absolute Gasteiger partial charge is 0.251 e. The fraction of sp³-hybridized carbons (Fsp3) is 0.600. The van der Waals surface area contributed by atoms with Crippen molar-refractivity contribution < 1.29 is 4.43 Å². The van der Waals surface area contributed by atoms with E-state index >= 15 is 0 Å². The van der Waals surface area contributed by atoms with E-state index in [1.54, 1.807) is 0 Å². The van der Waals surface area contributed by atoms with Crippen LogP contribution in [0.1, 0.15) is 40.0 Å². The molecule has 3 heteroatoms. The van der Waals surface area contributed by atoms with Gasteiger partial charge in [-0.3, -0.25) is 0 Å². The minimum absolute atomic E-state index is 0.774. The molecular weight excluding hydrogens is 260 g/mol. The van der Waals surface area contributed by atoms with Crippen molar-refractivity contribution in [3.63, 3.8) is 0 Å². The summed E-state index contributed by atoms with van der Waals surface area (Å²) < 4.78 is 6.46. The minimum atomic E-state index is -1.60. The van der Waals surface area contributed by atoms with Gasteiger partial charge in [0.25, 0.3) is 8.32 Å². The molecule has 0 heterocycles. The van der Waals surface area contributed by atoms with Crippen LogP contribution in [0.15, 0.2) is 24.3 Å². The molecule has 1 rings (SSSR count). The Labute approximate surface area is 118 Å². The van der Waals surface area contributed by atoms with Crippen LogP contribution in [0.4, 0.5) is 0 Å². The fourth-order valence-corrected chi connectivity index (χ4v) is 7.20. The molecule has 0 bridgehead atoms. The first-order valence-electron chi connectivity index (χ1n) is 7.10. The molecule has 0 aliphatic heterocycles. The Balaban J connectivity index is 2.84. The molecule has 0 amide bonds. The van der Waals surface area contributed by atoms with Crippen molar-refractivity contribution in [3.05, 3.63) is 29.3 Å². The average Bonchev–Trinajstić information content (AvgIpc) is 2.33. The third kappa shape index (κ3) is 4.66. The van der Waals surface area contributed by atoms with Crippen LogP contribution in [-0.4, -0.2) is 8.32 Å². The lowest BCUT2D eigenvalue weighted by Crippen LogP contribution is -2.41. The van der Waals surface area contributed by atoms with E-state index in [4.69, 9.17) is 16.0 Å². The highest BCUT2D eigenvalue weighted by molar-refractivity contribution is 6.74. The molecule has 1 aromatic rings. The van der Waals surface area contributed by atoms with Crippen molar-refractivity contribution in [2.75, 3.05) is 0 Å². The van der Waals surface area contributed by atoms with E-state index in [-0.39, 0.29) is 0 Å². The highest BCUT2D eigenvalue weighted by Crippen LogP contribution is 2.30. The molecule has 18 heavy (non-hydrogen) atoms. The quantitative estimate of drug-likeness (QED) is 0.541. The summed E-state index contributed by atoms with van der Waals surface area (Å²) in [5, 5.41) is 0.774. The maximum absolute atomic E-state index is 6.46. The first-order chi connectivity index (χ1) is 8.65. The van der Waals surface area contributed by atoms with Gasteiger partial charge in [-0.05, 0) is 42.4 Å². The first-order valence-corrected chi connectivity index (χ1v) is 10.0. The maximum Gasteiger partial charge on any atom is 0.251 e. The van der Waals surface area contributed by atoms with Gasteiger partial charge in [-0.1, -0.05) is 51.6 Å². The summed E-state index contributed by atoms with van der Waals surface area (Å²) in [5.74, 6) is 1.00. The summed E-state index contributed by atoms with van der Waals surface area (Å²) >= 11 is 5.92. The van der Waals surface area contributed by atoms with E-state index in [0.717, 1.165) is 10.8 Å². The SMILES string of the molecule is CCC[Si](CCC)(CCC)Oc1ccc(Cl)cc1. The van der Waals surface area contributed by atoms with Gasteiger partial charge in [0.2, 0.25) is 0 Å². The van der Waals surface area contributed by atoms with Crippen LogP contribution < -0.4 is 4.43 Å². The van der Waals surface area contributed by atoms with Gasteiger partial charge in [-0.15, -0.1) is 0 Å². The van der Waals surface area contributed by atoms with Crippen LogP contribution in [0, 0.1) is 0 Å². The third-order valence-corrected chi connectivity index (χ3v) is 8.42. The van der Waals surface area contributed by atoms with Crippen molar-refractivity contribution in [1.29, 1.82) is 0 Å². The number of hydrogen-bond donors (Lipinski definition) is 0. The van der Waals surface area contributed by atoms with Gasteiger partial charge in [0.1, 0.15) is 5.75 Å². The molecule has 0 aliphatic carbocycles. The topological polar surface area (TPSA) is 9.23 Å². The molecule has 1 aromatic carbocycles. The Morgan fingerprint density at radius 1 is 0.889 bits per heavy atom. The summed E-state index contributed by atoms with van der Waals surface area (Å²) in [6.45, 7) is 6.79. The minimum Gasteiger partial charge on any atom is -0.543 e. The van der Waals surface area contributed by atoms with E-state index in [1.165, 1.54) is 37.4 Å². The van der Waals surface area contributed by atoms with Gasteiger partial charge in [0.15, 0.2) is 0 Å². The number of hydrogen-bond acceptors (Lipinski definition) is 1. The molecule has 0 N–H and O–H groups in total. The average molecular weight is 285 g/mol. The van der Waals surface area contributed by atoms with Gasteiger partial charge in [-0.2, -0.15) is 0 Å². The van der Waals surface area contributed by atoms with E-state index in [2.05, 4.69) is 20.8 Å². The number of benzene rings is 1. The second kappa shape index (κ2) is 7.85. The molecule has 0 aliphatic rings. The maximum atomic E-state index is 6.46. The highest BCUT2D eigenvalue weighted by Gasteiger charge is 2.34. The number of rotatable bonds is 8. The molecule has 0 radical (unpaired) electrons.